The standard InChI is InChI=1S/C23H22N4O3S/c1-29-19-10-8-16(14-20(19)30-2)22-17(9-11-21(28)25-23-24-12-13-31-23)15-27(26-22)18-6-4-3-5-7-18/h3-11,14-15H,12-13H2,1-2H3,(H,24,25,28)/b11-9+. The highest BCUT2D eigenvalue weighted by Crippen LogP contribution is 2.33. The number of rotatable bonds is 6. The Balaban J connectivity index is 1.70. The van der Waals surface area contributed by atoms with E-state index in [4.69, 9.17) is 14.6 Å². The molecule has 31 heavy (non-hydrogen) atoms. The first kappa shape index (κ1) is 20.7. The van der Waals surface area contributed by atoms with Crippen LogP contribution in [-0.4, -0.2) is 47.4 Å². The number of carbonyl (C=O) groups is 1. The molecule has 7 nitrogen and oxygen atoms in total. The second-order valence-corrected chi connectivity index (χ2v) is 7.72. The number of benzene rings is 2. The molecule has 1 aromatic heterocycles. The van der Waals surface area contributed by atoms with Crippen LogP contribution in [-0.2, 0) is 4.79 Å². The van der Waals surface area contributed by atoms with E-state index in [0.717, 1.165) is 34.8 Å². The summed E-state index contributed by atoms with van der Waals surface area (Å²) in [4.78, 5) is 16.6. The highest BCUT2D eigenvalue weighted by molar-refractivity contribution is 8.14. The normalized spacial score (nSPS) is 13.3. The summed E-state index contributed by atoms with van der Waals surface area (Å²) >= 11 is 1.54. The Morgan fingerprint density at radius 1 is 1.13 bits per heavy atom. The van der Waals surface area contributed by atoms with Gasteiger partial charge in [-0.05, 0) is 36.4 Å². The number of methoxy groups -OCH3 is 2. The van der Waals surface area contributed by atoms with Crippen LogP contribution in [0.15, 0.2) is 65.8 Å². The maximum Gasteiger partial charge on any atom is 0.249 e. The molecular formula is C23H22N4O3S. The van der Waals surface area contributed by atoms with E-state index in [1.165, 1.54) is 6.08 Å². The van der Waals surface area contributed by atoms with Crippen molar-refractivity contribution in [2.24, 2.45) is 4.99 Å². The molecule has 1 N–H and O–H groups in total. The quantitative estimate of drug-likeness (QED) is 0.598. The minimum Gasteiger partial charge on any atom is -0.493 e. The van der Waals surface area contributed by atoms with E-state index in [2.05, 4.69) is 10.3 Å². The highest BCUT2D eigenvalue weighted by Gasteiger charge is 2.14. The molecule has 0 saturated heterocycles. The first-order valence-electron chi connectivity index (χ1n) is 9.71. The van der Waals surface area contributed by atoms with Crippen molar-refractivity contribution in [2.45, 2.75) is 0 Å². The van der Waals surface area contributed by atoms with Gasteiger partial charge in [-0.25, -0.2) is 4.68 Å². The zero-order valence-corrected chi connectivity index (χ0v) is 18.1. The number of ether oxygens (including phenoxy) is 2. The molecule has 1 amide bonds. The van der Waals surface area contributed by atoms with Crippen LogP contribution in [0.2, 0.25) is 0 Å². The Labute approximate surface area is 184 Å². The van der Waals surface area contributed by atoms with Gasteiger partial charge in [0.05, 0.1) is 26.5 Å². The van der Waals surface area contributed by atoms with Crippen LogP contribution < -0.4 is 14.8 Å². The van der Waals surface area contributed by atoms with Crippen molar-refractivity contribution in [3.05, 3.63) is 66.4 Å². The summed E-state index contributed by atoms with van der Waals surface area (Å²) in [7, 11) is 3.19. The van der Waals surface area contributed by atoms with Crippen molar-refractivity contribution < 1.29 is 14.3 Å². The molecule has 1 aliphatic heterocycles. The van der Waals surface area contributed by atoms with Crippen LogP contribution in [0.4, 0.5) is 0 Å². The number of thioether (sulfide) groups is 1. The third-order valence-electron chi connectivity index (χ3n) is 4.65. The SMILES string of the molecule is COc1ccc(-c2nn(-c3ccccc3)cc2/C=C/C(=O)NC2=NCCS2)cc1OC. The number of nitrogens with zero attached hydrogens (tertiary/aromatic N) is 3. The predicted octanol–water partition coefficient (Wildman–Crippen LogP) is 3.79. The summed E-state index contributed by atoms with van der Waals surface area (Å²) in [6.07, 6.45) is 5.15. The molecule has 0 aliphatic carbocycles. The van der Waals surface area contributed by atoms with E-state index in [-0.39, 0.29) is 5.91 Å². The Morgan fingerprint density at radius 3 is 2.65 bits per heavy atom. The minimum atomic E-state index is -0.223. The molecule has 158 valence electrons. The molecule has 2 heterocycles. The van der Waals surface area contributed by atoms with Crippen LogP contribution in [0.25, 0.3) is 23.0 Å². The van der Waals surface area contributed by atoms with Crippen LogP contribution in [0.5, 0.6) is 11.5 Å². The lowest BCUT2D eigenvalue weighted by atomic mass is 10.1. The summed E-state index contributed by atoms with van der Waals surface area (Å²) in [6, 6.07) is 15.4. The van der Waals surface area contributed by atoms with E-state index in [0.29, 0.717) is 16.7 Å². The van der Waals surface area contributed by atoms with Gasteiger partial charge in [0.25, 0.3) is 0 Å². The van der Waals surface area contributed by atoms with E-state index < -0.39 is 0 Å². The van der Waals surface area contributed by atoms with Gasteiger partial charge in [0.1, 0.15) is 5.69 Å². The number of hydrogen-bond donors (Lipinski definition) is 1. The summed E-state index contributed by atoms with van der Waals surface area (Å²) in [5.74, 6) is 1.92. The van der Waals surface area contributed by atoms with Gasteiger partial charge in [-0.15, -0.1) is 0 Å². The number of hydrogen-bond acceptors (Lipinski definition) is 6. The van der Waals surface area contributed by atoms with Gasteiger partial charge in [0.15, 0.2) is 16.7 Å². The first-order chi connectivity index (χ1) is 15.2. The molecule has 1 aliphatic rings. The number of para-hydroxylation sites is 1. The van der Waals surface area contributed by atoms with Crippen LogP contribution in [0.1, 0.15) is 5.56 Å². The van der Waals surface area contributed by atoms with Crippen LogP contribution in [0.3, 0.4) is 0 Å². The summed E-state index contributed by atoms with van der Waals surface area (Å²) in [5.41, 5.74) is 3.29. The highest BCUT2D eigenvalue weighted by atomic mass is 32.2. The van der Waals surface area contributed by atoms with Crippen molar-refractivity contribution >= 4 is 28.9 Å². The largest absolute Gasteiger partial charge is 0.493 e. The van der Waals surface area contributed by atoms with Gasteiger partial charge < -0.3 is 14.8 Å². The monoisotopic (exact) mass is 434 g/mol. The molecule has 0 fully saturated rings. The van der Waals surface area contributed by atoms with Crippen molar-refractivity contribution in [2.75, 3.05) is 26.5 Å². The Kier molecular flexibility index (Phi) is 6.37. The Morgan fingerprint density at radius 2 is 1.94 bits per heavy atom. The van der Waals surface area contributed by atoms with Crippen molar-refractivity contribution in [1.82, 2.24) is 15.1 Å². The van der Waals surface area contributed by atoms with Gasteiger partial charge >= 0.3 is 0 Å². The summed E-state index contributed by atoms with van der Waals surface area (Å²) < 4.78 is 12.6. The van der Waals surface area contributed by atoms with Crippen molar-refractivity contribution in [1.29, 1.82) is 0 Å². The third-order valence-corrected chi connectivity index (χ3v) is 5.54. The van der Waals surface area contributed by atoms with Crippen LogP contribution in [0, 0.1) is 0 Å². The molecule has 0 atom stereocenters. The molecular weight excluding hydrogens is 412 g/mol. The minimum absolute atomic E-state index is 0.223. The molecule has 0 spiro atoms. The van der Waals surface area contributed by atoms with E-state index in [1.54, 1.807) is 36.7 Å². The lowest BCUT2D eigenvalue weighted by Crippen LogP contribution is -2.25. The lowest BCUT2D eigenvalue weighted by molar-refractivity contribution is -0.115. The molecule has 0 radical (unpaired) electrons. The number of amides is 1. The zero-order chi connectivity index (χ0) is 21.6. The molecule has 0 unspecified atom stereocenters. The van der Waals surface area contributed by atoms with E-state index >= 15 is 0 Å². The smallest absolute Gasteiger partial charge is 0.249 e. The summed E-state index contributed by atoms with van der Waals surface area (Å²) in [5, 5.41) is 8.24. The first-order valence-corrected chi connectivity index (χ1v) is 10.7. The molecule has 0 bridgehead atoms. The van der Waals surface area contributed by atoms with Crippen molar-refractivity contribution in [3.8, 4) is 28.4 Å². The molecule has 4 rings (SSSR count). The maximum absolute atomic E-state index is 12.3. The van der Waals surface area contributed by atoms with Gasteiger partial charge in [-0.1, -0.05) is 30.0 Å². The Bertz CT molecular complexity index is 1140. The molecule has 8 heteroatoms. The topological polar surface area (TPSA) is 77.7 Å². The predicted molar refractivity (Wildman–Crippen MR) is 124 cm³/mol. The lowest BCUT2D eigenvalue weighted by Gasteiger charge is -2.09. The second-order valence-electron chi connectivity index (χ2n) is 6.64. The van der Waals surface area contributed by atoms with Crippen LogP contribution >= 0.6 is 11.8 Å². The average molecular weight is 435 g/mol. The zero-order valence-electron chi connectivity index (χ0n) is 17.2. The van der Waals surface area contributed by atoms with E-state index in [1.807, 2.05) is 54.7 Å². The van der Waals surface area contributed by atoms with Gasteiger partial charge in [0, 0.05) is 29.2 Å². The molecule has 0 saturated carbocycles. The molecule has 3 aromatic rings. The van der Waals surface area contributed by atoms with Gasteiger partial charge in [-0.2, -0.15) is 5.10 Å². The summed E-state index contributed by atoms with van der Waals surface area (Å²) in [6.45, 7) is 0.733. The second kappa shape index (κ2) is 9.53. The third kappa shape index (κ3) is 4.80. The Hall–Kier alpha value is -3.52. The fourth-order valence-electron chi connectivity index (χ4n) is 3.15. The number of aliphatic imine (C=N–C) groups is 1. The number of amidine groups is 1. The van der Waals surface area contributed by atoms with Gasteiger partial charge in [-0.3, -0.25) is 9.79 Å². The number of aromatic nitrogens is 2. The average Bonchev–Trinajstić information content (AvgIpc) is 3.48. The molecule has 2 aromatic carbocycles. The van der Waals surface area contributed by atoms with Gasteiger partial charge in [0.2, 0.25) is 5.91 Å². The fraction of sp³-hybridized carbons (Fsp3) is 0.174. The van der Waals surface area contributed by atoms with E-state index in [9.17, 15) is 4.79 Å². The fourth-order valence-corrected chi connectivity index (χ4v) is 3.88. The number of carbonyl (C=O) groups excluding carboxylic acids is 1. The van der Waals surface area contributed by atoms with Crippen molar-refractivity contribution in [3.63, 3.8) is 0 Å². The number of nitrogens with one attached hydrogen (secondary N) is 1. The maximum atomic E-state index is 12.3.